The molecular weight excluding hydrogens is 434 g/mol. The number of carbonyl (C=O) groups excluding carboxylic acids is 1. The fraction of sp³-hybridized carbons (Fsp3) is 0.227. The number of pyridine rings is 1. The zero-order chi connectivity index (χ0) is 19.1. The highest BCUT2D eigenvalue weighted by atomic mass is 79.9. The van der Waals surface area contributed by atoms with E-state index in [1.807, 2.05) is 29.2 Å². The predicted octanol–water partition coefficient (Wildman–Crippen LogP) is 4.78. The fourth-order valence-electron chi connectivity index (χ4n) is 3.92. The van der Waals surface area contributed by atoms with Crippen molar-refractivity contribution in [2.45, 2.75) is 25.8 Å². The van der Waals surface area contributed by atoms with Gasteiger partial charge in [0.15, 0.2) is 0 Å². The summed E-state index contributed by atoms with van der Waals surface area (Å²) < 4.78 is 1.04. The van der Waals surface area contributed by atoms with Gasteiger partial charge in [0.1, 0.15) is 11.5 Å². The smallest absolute Gasteiger partial charge is 0.249 e. The van der Waals surface area contributed by atoms with Crippen LogP contribution in [0.1, 0.15) is 33.6 Å². The lowest BCUT2D eigenvalue weighted by atomic mass is 9.99. The Morgan fingerprint density at radius 1 is 1.07 bits per heavy atom. The van der Waals surface area contributed by atoms with Gasteiger partial charge in [0.25, 0.3) is 0 Å². The second-order valence-electron chi connectivity index (χ2n) is 7.04. The van der Waals surface area contributed by atoms with Crippen LogP contribution in [0.4, 0.5) is 5.00 Å². The molecular formula is C22H18BrN3OS. The molecule has 3 heterocycles. The van der Waals surface area contributed by atoms with E-state index in [4.69, 9.17) is 4.99 Å². The zero-order valence-corrected chi connectivity index (χ0v) is 17.6. The molecule has 1 aliphatic carbocycles. The lowest BCUT2D eigenvalue weighted by Gasteiger charge is -2.21. The number of aryl methyl sites for hydroxylation is 1. The van der Waals surface area contributed by atoms with Gasteiger partial charge in [-0.15, -0.1) is 11.3 Å². The SMILES string of the molecule is O=C1CN=C(c2ccc(Br)cc2)c2c(sc3c2CCC3)N1Cc1ccncc1. The van der Waals surface area contributed by atoms with Crippen molar-refractivity contribution in [3.05, 3.63) is 80.4 Å². The molecule has 1 amide bonds. The van der Waals surface area contributed by atoms with Gasteiger partial charge in [-0.2, -0.15) is 0 Å². The molecule has 1 aliphatic heterocycles. The number of amides is 1. The van der Waals surface area contributed by atoms with E-state index in [0.717, 1.165) is 39.2 Å². The van der Waals surface area contributed by atoms with Crippen LogP contribution in [-0.4, -0.2) is 23.1 Å². The van der Waals surface area contributed by atoms with Crippen LogP contribution in [-0.2, 0) is 24.2 Å². The first-order chi connectivity index (χ1) is 13.7. The number of anilines is 1. The maximum atomic E-state index is 13.0. The number of rotatable bonds is 3. The number of aromatic nitrogens is 1. The third-order valence-corrected chi connectivity index (χ3v) is 7.11. The number of benzene rings is 1. The summed E-state index contributed by atoms with van der Waals surface area (Å²) in [6.45, 7) is 0.726. The summed E-state index contributed by atoms with van der Waals surface area (Å²) >= 11 is 5.28. The van der Waals surface area contributed by atoms with E-state index >= 15 is 0 Å². The second kappa shape index (κ2) is 7.26. The van der Waals surface area contributed by atoms with Crippen LogP contribution >= 0.6 is 27.3 Å². The van der Waals surface area contributed by atoms with E-state index < -0.39 is 0 Å². The van der Waals surface area contributed by atoms with Crippen molar-refractivity contribution in [3.63, 3.8) is 0 Å². The van der Waals surface area contributed by atoms with Gasteiger partial charge in [0.2, 0.25) is 5.91 Å². The average molecular weight is 452 g/mol. The van der Waals surface area contributed by atoms with Gasteiger partial charge in [0, 0.05) is 32.9 Å². The molecule has 0 radical (unpaired) electrons. The lowest BCUT2D eigenvalue weighted by Crippen LogP contribution is -2.31. The minimum atomic E-state index is 0.0464. The topological polar surface area (TPSA) is 45.6 Å². The van der Waals surface area contributed by atoms with Crippen LogP contribution in [0.3, 0.4) is 0 Å². The Balaban J connectivity index is 1.64. The van der Waals surface area contributed by atoms with Crippen LogP contribution in [0.5, 0.6) is 0 Å². The van der Waals surface area contributed by atoms with Crippen LogP contribution in [0.15, 0.2) is 58.3 Å². The molecule has 5 rings (SSSR count). The molecule has 0 spiro atoms. The monoisotopic (exact) mass is 451 g/mol. The van der Waals surface area contributed by atoms with Crippen molar-refractivity contribution in [2.75, 3.05) is 11.4 Å². The van der Waals surface area contributed by atoms with E-state index in [2.05, 4.69) is 33.0 Å². The van der Waals surface area contributed by atoms with E-state index in [1.54, 1.807) is 23.7 Å². The number of hydrogen-bond acceptors (Lipinski definition) is 4. The Bertz CT molecular complexity index is 1070. The Hall–Kier alpha value is -2.31. The number of fused-ring (bicyclic) bond motifs is 3. The van der Waals surface area contributed by atoms with Crippen LogP contribution in [0, 0.1) is 0 Å². The Kier molecular flexibility index (Phi) is 4.61. The van der Waals surface area contributed by atoms with Crippen molar-refractivity contribution in [2.24, 2.45) is 4.99 Å². The standard InChI is InChI=1S/C22H18BrN3OS/c23-16-6-4-15(5-7-16)21-20-17-2-1-3-18(17)28-22(20)26(19(27)12-25-21)13-14-8-10-24-11-9-14/h4-11H,1-3,12-13H2. The van der Waals surface area contributed by atoms with Gasteiger partial charge in [-0.25, -0.2) is 0 Å². The zero-order valence-electron chi connectivity index (χ0n) is 15.2. The van der Waals surface area contributed by atoms with Crippen molar-refractivity contribution in [1.82, 2.24) is 4.98 Å². The molecule has 0 atom stereocenters. The average Bonchev–Trinajstić information content (AvgIpc) is 3.27. The van der Waals surface area contributed by atoms with Crippen molar-refractivity contribution in [3.8, 4) is 0 Å². The number of carbonyl (C=O) groups is 1. The van der Waals surface area contributed by atoms with Gasteiger partial charge in [0.05, 0.1) is 12.3 Å². The molecule has 0 bridgehead atoms. The van der Waals surface area contributed by atoms with Crippen molar-refractivity contribution < 1.29 is 4.79 Å². The normalized spacial score (nSPS) is 15.8. The maximum absolute atomic E-state index is 13.0. The number of nitrogens with zero attached hydrogens (tertiary/aromatic N) is 3. The maximum Gasteiger partial charge on any atom is 0.249 e. The lowest BCUT2D eigenvalue weighted by molar-refractivity contribution is -0.117. The molecule has 0 saturated carbocycles. The number of thiophene rings is 1. The van der Waals surface area contributed by atoms with E-state index in [-0.39, 0.29) is 12.5 Å². The predicted molar refractivity (Wildman–Crippen MR) is 116 cm³/mol. The molecule has 140 valence electrons. The number of halogens is 1. The van der Waals surface area contributed by atoms with Crippen molar-refractivity contribution >= 4 is 43.9 Å². The summed E-state index contributed by atoms with van der Waals surface area (Å²) in [5.41, 5.74) is 5.65. The van der Waals surface area contributed by atoms with E-state index in [0.29, 0.717) is 6.54 Å². The molecule has 28 heavy (non-hydrogen) atoms. The third kappa shape index (κ3) is 3.10. The molecule has 6 heteroatoms. The Labute approximate surface area is 176 Å². The molecule has 4 nitrogen and oxygen atoms in total. The van der Waals surface area contributed by atoms with Gasteiger partial charge in [-0.1, -0.05) is 28.1 Å². The third-order valence-electron chi connectivity index (χ3n) is 5.27. The van der Waals surface area contributed by atoms with Crippen LogP contribution in [0.25, 0.3) is 0 Å². The molecule has 1 aromatic carbocycles. The molecule has 0 N–H and O–H groups in total. The molecule has 2 aromatic heterocycles. The summed E-state index contributed by atoms with van der Waals surface area (Å²) in [4.78, 5) is 25.3. The fourth-order valence-corrected chi connectivity index (χ4v) is 5.59. The molecule has 2 aliphatic rings. The summed E-state index contributed by atoms with van der Waals surface area (Å²) in [5, 5.41) is 1.05. The highest BCUT2D eigenvalue weighted by molar-refractivity contribution is 9.10. The number of aliphatic imine (C=N–C) groups is 1. The second-order valence-corrected chi connectivity index (χ2v) is 9.04. The van der Waals surface area contributed by atoms with Crippen molar-refractivity contribution in [1.29, 1.82) is 0 Å². The van der Waals surface area contributed by atoms with Gasteiger partial charge in [-0.3, -0.25) is 19.7 Å². The minimum Gasteiger partial charge on any atom is -0.297 e. The minimum absolute atomic E-state index is 0.0464. The van der Waals surface area contributed by atoms with Gasteiger partial charge in [-0.05, 0) is 54.7 Å². The molecule has 0 saturated heterocycles. The summed E-state index contributed by atoms with van der Waals surface area (Å²) in [6, 6.07) is 12.2. The van der Waals surface area contributed by atoms with E-state index in [9.17, 15) is 4.79 Å². The van der Waals surface area contributed by atoms with Crippen LogP contribution < -0.4 is 4.90 Å². The first-order valence-electron chi connectivity index (χ1n) is 9.35. The molecule has 0 unspecified atom stereocenters. The van der Waals surface area contributed by atoms with E-state index in [1.165, 1.54) is 22.4 Å². The Morgan fingerprint density at radius 2 is 1.86 bits per heavy atom. The first-order valence-corrected chi connectivity index (χ1v) is 11.0. The first kappa shape index (κ1) is 17.8. The number of hydrogen-bond donors (Lipinski definition) is 0. The summed E-state index contributed by atoms with van der Waals surface area (Å²) in [7, 11) is 0. The Morgan fingerprint density at radius 3 is 2.64 bits per heavy atom. The highest BCUT2D eigenvalue weighted by Gasteiger charge is 2.33. The van der Waals surface area contributed by atoms with Crippen LogP contribution in [0.2, 0.25) is 0 Å². The molecule has 0 fully saturated rings. The largest absolute Gasteiger partial charge is 0.297 e. The van der Waals surface area contributed by atoms with Gasteiger partial charge < -0.3 is 0 Å². The van der Waals surface area contributed by atoms with Gasteiger partial charge >= 0.3 is 0 Å². The summed E-state index contributed by atoms with van der Waals surface area (Å²) in [5.74, 6) is 0.0464. The molecule has 3 aromatic rings. The summed E-state index contributed by atoms with van der Waals surface area (Å²) in [6.07, 6.45) is 6.89. The highest BCUT2D eigenvalue weighted by Crippen LogP contribution is 2.44. The quantitative estimate of drug-likeness (QED) is 0.574.